The maximum absolute atomic E-state index is 11.5. The molecule has 1 fully saturated rings. The highest BCUT2D eigenvalue weighted by Crippen LogP contribution is 2.10. The van der Waals surface area contributed by atoms with Crippen molar-refractivity contribution in [3.8, 4) is 0 Å². The van der Waals surface area contributed by atoms with Gasteiger partial charge in [0.1, 0.15) is 0 Å². The molecule has 1 atom stereocenters. The van der Waals surface area contributed by atoms with Gasteiger partial charge in [0, 0.05) is 25.6 Å². The first-order valence-corrected chi connectivity index (χ1v) is 6.91. The topological polar surface area (TPSA) is 53.6 Å². The predicted molar refractivity (Wildman–Crippen MR) is 72.6 cm³/mol. The molecule has 18 heavy (non-hydrogen) atoms. The van der Waals surface area contributed by atoms with E-state index in [1.807, 2.05) is 14.1 Å². The van der Waals surface area contributed by atoms with E-state index in [1.54, 1.807) is 0 Å². The summed E-state index contributed by atoms with van der Waals surface area (Å²) in [5.74, 6) is 0.139. The molecule has 1 aliphatic heterocycles. The van der Waals surface area contributed by atoms with Crippen molar-refractivity contribution in [2.45, 2.75) is 31.7 Å². The first-order valence-electron chi connectivity index (χ1n) is 6.91. The summed E-state index contributed by atoms with van der Waals surface area (Å²) in [6.07, 6.45) is 4.02. The zero-order chi connectivity index (χ0) is 13.2. The average molecular weight is 257 g/mol. The van der Waals surface area contributed by atoms with Crippen LogP contribution < -0.4 is 10.6 Å². The fourth-order valence-corrected chi connectivity index (χ4v) is 2.01. The first kappa shape index (κ1) is 15.4. The molecule has 0 spiro atoms. The summed E-state index contributed by atoms with van der Waals surface area (Å²) in [4.78, 5) is 13.6. The molecule has 1 aliphatic rings. The summed E-state index contributed by atoms with van der Waals surface area (Å²) < 4.78 is 5.40. The maximum Gasteiger partial charge on any atom is 0.220 e. The average Bonchev–Trinajstić information content (AvgIpc) is 2.83. The summed E-state index contributed by atoms with van der Waals surface area (Å²) in [5, 5.41) is 6.29. The van der Waals surface area contributed by atoms with E-state index in [4.69, 9.17) is 4.74 Å². The van der Waals surface area contributed by atoms with Crippen molar-refractivity contribution in [1.82, 2.24) is 15.5 Å². The molecule has 106 valence electrons. The zero-order valence-corrected chi connectivity index (χ0v) is 11.7. The van der Waals surface area contributed by atoms with Crippen LogP contribution in [-0.4, -0.2) is 63.8 Å². The van der Waals surface area contributed by atoms with Crippen LogP contribution in [0, 0.1) is 0 Å². The van der Waals surface area contributed by atoms with Crippen molar-refractivity contribution in [3.63, 3.8) is 0 Å². The number of amides is 1. The molecule has 0 aromatic carbocycles. The molecular formula is C13H27N3O2. The summed E-state index contributed by atoms with van der Waals surface area (Å²) in [5.41, 5.74) is 0. The Morgan fingerprint density at radius 2 is 2.28 bits per heavy atom. The minimum atomic E-state index is 0.139. The minimum Gasteiger partial charge on any atom is -0.378 e. The van der Waals surface area contributed by atoms with Crippen LogP contribution in [0.25, 0.3) is 0 Å². The largest absolute Gasteiger partial charge is 0.378 e. The van der Waals surface area contributed by atoms with E-state index in [2.05, 4.69) is 15.5 Å². The van der Waals surface area contributed by atoms with Gasteiger partial charge in [-0.25, -0.2) is 0 Å². The Balaban J connectivity index is 1.87. The third-order valence-electron chi connectivity index (χ3n) is 3.13. The lowest BCUT2D eigenvalue weighted by molar-refractivity contribution is -0.121. The smallest absolute Gasteiger partial charge is 0.220 e. The molecule has 0 radical (unpaired) electrons. The standard InChI is InChI=1S/C13H27N3O2/c1-16(2)9-11-18-10-8-15-13(17)6-5-12-4-3-7-14-12/h12,14H,3-11H2,1-2H3,(H,15,17). The highest BCUT2D eigenvalue weighted by atomic mass is 16.5. The van der Waals surface area contributed by atoms with Crippen molar-refractivity contribution in [1.29, 1.82) is 0 Å². The molecule has 1 amide bonds. The second kappa shape index (κ2) is 9.30. The number of carbonyl (C=O) groups excluding carboxylic acids is 1. The predicted octanol–water partition coefficient (Wildman–Crippen LogP) is 0.213. The number of nitrogens with zero attached hydrogens (tertiary/aromatic N) is 1. The molecular weight excluding hydrogens is 230 g/mol. The van der Waals surface area contributed by atoms with Gasteiger partial charge in [-0.05, 0) is 39.9 Å². The second-order valence-electron chi connectivity index (χ2n) is 5.10. The van der Waals surface area contributed by atoms with Crippen LogP contribution in [0.1, 0.15) is 25.7 Å². The lowest BCUT2D eigenvalue weighted by atomic mass is 10.1. The van der Waals surface area contributed by atoms with Crippen molar-refractivity contribution in [3.05, 3.63) is 0 Å². The van der Waals surface area contributed by atoms with Gasteiger partial charge in [0.15, 0.2) is 0 Å². The number of carbonyl (C=O) groups is 1. The molecule has 1 rings (SSSR count). The van der Waals surface area contributed by atoms with Gasteiger partial charge in [0.2, 0.25) is 5.91 Å². The highest BCUT2D eigenvalue weighted by molar-refractivity contribution is 5.75. The summed E-state index contributed by atoms with van der Waals surface area (Å²) >= 11 is 0. The van der Waals surface area contributed by atoms with E-state index in [-0.39, 0.29) is 5.91 Å². The zero-order valence-electron chi connectivity index (χ0n) is 11.7. The Morgan fingerprint density at radius 1 is 1.44 bits per heavy atom. The Bertz CT molecular complexity index is 228. The van der Waals surface area contributed by atoms with Gasteiger partial charge >= 0.3 is 0 Å². The molecule has 0 saturated carbocycles. The van der Waals surface area contributed by atoms with Crippen LogP contribution in [0.15, 0.2) is 0 Å². The molecule has 1 saturated heterocycles. The monoisotopic (exact) mass is 257 g/mol. The fraction of sp³-hybridized carbons (Fsp3) is 0.923. The molecule has 5 heteroatoms. The Hall–Kier alpha value is -0.650. The minimum absolute atomic E-state index is 0.139. The van der Waals surface area contributed by atoms with Gasteiger partial charge in [-0.15, -0.1) is 0 Å². The molecule has 0 aliphatic carbocycles. The number of nitrogens with one attached hydrogen (secondary N) is 2. The van der Waals surface area contributed by atoms with Crippen LogP contribution >= 0.6 is 0 Å². The van der Waals surface area contributed by atoms with E-state index >= 15 is 0 Å². The molecule has 5 nitrogen and oxygen atoms in total. The summed E-state index contributed by atoms with van der Waals surface area (Å²) in [7, 11) is 4.03. The lowest BCUT2D eigenvalue weighted by Gasteiger charge is -2.11. The van der Waals surface area contributed by atoms with Gasteiger partial charge in [0.05, 0.1) is 13.2 Å². The van der Waals surface area contributed by atoms with Crippen LogP contribution in [0.2, 0.25) is 0 Å². The summed E-state index contributed by atoms with van der Waals surface area (Å²) in [6.45, 7) is 3.95. The van der Waals surface area contributed by atoms with E-state index in [0.717, 1.165) is 26.1 Å². The maximum atomic E-state index is 11.5. The van der Waals surface area contributed by atoms with Crippen LogP contribution in [0.4, 0.5) is 0 Å². The molecule has 0 bridgehead atoms. The van der Waals surface area contributed by atoms with E-state index < -0.39 is 0 Å². The number of hydrogen-bond acceptors (Lipinski definition) is 4. The van der Waals surface area contributed by atoms with Gasteiger partial charge in [-0.3, -0.25) is 4.79 Å². The highest BCUT2D eigenvalue weighted by Gasteiger charge is 2.14. The number of likely N-dealkylation sites (N-methyl/N-ethyl adjacent to an activating group) is 1. The number of rotatable bonds is 9. The van der Waals surface area contributed by atoms with Crippen molar-refractivity contribution in [2.24, 2.45) is 0 Å². The van der Waals surface area contributed by atoms with Crippen molar-refractivity contribution >= 4 is 5.91 Å². The van der Waals surface area contributed by atoms with Gasteiger partial charge < -0.3 is 20.3 Å². The molecule has 0 aromatic rings. The third-order valence-corrected chi connectivity index (χ3v) is 3.13. The SMILES string of the molecule is CN(C)CCOCCNC(=O)CCC1CCCN1. The van der Waals surface area contributed by atoms with Crippen LogP contribution in [0.5, 0.6) is 0 Å². The fourth-order valence-electron chi connectivity index (χ4n) is 2.01. The Labute approximate surface area is 110 Å². The van der Waals surface area contributed by atoms with Gasteiger partial charge in [-0.1, -0.05) is 0 Å². The van der Waals surface area contributed by atoms with Gasteiger partial charge in [0.25, 0.3) is 0 Å². The quantitative estimate of drug-likeness (QED) is 0.580. The normalized spacial score (nSPS) is 19.4. The van der Waals surface area contributed by atoms with E-state index in [0.29, 0.717) is 25.6 Å². The first-order chi connectivity index (χ1) is 8.68. The van der Waals surface area contributed by atoms with Crippen LogP contribution in [-0.2, 0) is 9.53 Å². The van der Waals surface area contributed by atoms with Crippen molar-refractivity contribution < 1.29 is 9.53 Å². The lowest BCUT2D eigenvalue weighted by Crippen LogP contribution is -2.30. The van der Waals surface area contributed by atoms with Crippen LogP contribution in [0.3, 0.4) is 0 Å². The van der Waals surface area contributed by atoms with Crippen molar-refractivity contribution in [2.75, 3.05) is 46.9 Å². The number of hydrogen-bond donors (Lipinski definition) is 2. The molecule has 1 heterocycles. The Kier molecular flexibility index (Phi) is 7.96. The van der Waals surface area contributed by atoms with E-state index in [1.165, 1.54) is 12.8 Å². The third kappa shape index (κ3) is 7.63. The molecule has 1 unspecified atom stereocenters. The molecule has 0 aromatic heterocycles. The van der Waals surface area contributed by atoms with E-state index in [9.17, 15) is 4.79 Å². The summed E-state index contributed by atoms with van der Waals surface area (Å²) in [6, 6.07) is 0.548. The molecule has 2 N–H and O–H groups in total. The number of ether oxygens (including phenoxy) is 1. The Morgan fingerprint density at radius 3 is 2.94 bits per heavy atom. The van der Waals surface area contributed by atoms with Gasteiger partial charge in [-0.2, -0.15) is 0 Å². The second-order valence-corrected chi connectivity index (χ2v) is 5.10.